The molecule has 0 bridgehead atoms. The van der Waals surface area contributed by atoms with E-state index in [1.54, 1.807) is 6.26 Å². The number of rotatable bonds is 4. The maximum Gasteiger partial charge on any atom is 0.0672 e. The largest absolute Gasteiger partial charge is 0.312 e. The molecule has 0 heterocycles. The van der Waals surface area contributed by atoms with E-state index in [4.69, 9.17) is 5.26 Å². The van der Waals surface area contributed by atoms with Gasteiger partial charge < -0.3 is 5.32 Å². The maximum absolute atomic E-state index is 10.8. The van der Waals surface area contributed by atoms with Crippen LogP contribution in [0.4, 0.5) is 0 Å². The Labute approximate surface area is 82.0 Å². The van der Waals surface area contributed by atoms with E-state index in [2.05, 4.69) is 11.4 Å². The van der Waals surface area contributed by atoms with Crippen molar-refractivity contribution < 1.29 is 4.21 Å². The lowest BCUT2D eigenvalue weighted by molar-refractivity contribution is 0.479. The predicted octanol–water partition coefficient (Wildman–Crippen LogP) is 0.647. The molecule has 3 unspecified atom stereocenters. The molecule has 1 N–H and O–H groups in total. The van der Waals surface area contributed by atoms with E-state index < -0.39 is 10.8 Å². The highest BCUT2D eigenvalue weighted by atomic mass is 32.2. The molecular weight excluding hydrogens is 184 g/mol. The summed E-state index contributed by atoms with van der Waals surface area (Å²) in [5.41, 5.74) is 0. The average molecular weight is 200 g/mol. The minimum Gasteiger partial charge on any atom is -0.312 e. The topological polar surface area (TPSA) is 52.9 Å². The Bertz CT molecular complexity index is 224. The number of hydrogen-bond donors (Lipinski definition) is 1. The number of hydrogen-bond acceptors (Lipinski definition) is 3. The zero-order valence-corrected chi connectivity index (χ0v) is 8.77. The Morgan fingerprint density at radius 2 is 2.38 bits per heavy atom. The molecule has 0 aromatic carbocycles. The molecule has 0 aromatic rings. The molecule has 74 valence electrons. The first kappa shape index (κ1) is 10.7. The van der Waals surface area contributed by atoms with Crippen LogP contribution < -0.4 is 5.32 Å². The Morgan fingerprint density at radius 1 is 1.62 bits per heavy atom. The van der Waals surface area contributed by atoms with Gasteiger partial charge in [0.05, 0.1) is 12.0 Å². The Balaban J connectivity index is 2.21. The molecule has 1 saturated carbocycles. The second kappa shape index (κ2) is 5.36. The summed E-state index contributed by atoms with van der Waals surface area (Å²) in [6.45, 7) is 0.770. The van der Waals surface area contributed by atoms with Crippen LogP contribution in [0.1, 0.15) is 19.3 Å². The summed E-state index contributed by atoms with van der Waals surface area (Å²) in [6.07, 6.45) is 4.96. The van der Waals surface area contributed by atoms with Gasteiger partial charge in [0.25, 0.3) is 0 Å². The third-order valence-corrected chi connectivity index (χ3v) is 3.26. The molecular formula is C9H16N2OS. The monoisotopic (exact) mass is 200 g/mol. The lowest BCUT2D eigenvalue weighted by Crippen LogP contribution is -2.34. The van der Waals surface area contributed by atoms with Gasteiger partial charge in [-0.3, -0.25) is 4.21 Å². The third kappa shape index (κ3) is 3.45. The zero-order valence-electron chi connectivity index (χ0n) is 7.95. The van der Waals surface area contributed by atoms with Crippen molar-refractivity contribution in [1.29, 1.82) is 5.26 Å². The SMILES string of the molecule is CS(=O)CCNC1CCCC1C#N. The minimum atomic E-state index is -0.724. The molecule has 0 amide bonds. The van der Waals surface area contributed by atoms with E-state index in [1.807, 2.05) is 0 Å². The quantitative estimate of drug-likeness (QED) is 0.725. The lowest BCUT2D eigenvalue weighted by Gasteiger charge is -2.14. The van der Waals surface area contributed by atoms with Crippen molar-refractivity contribution in [3.05, 3.63) is 0 Å². The third-order valence-electron chi connectivity index (χ3n) is 2.48. The van der Waals surface area contributed by atoms with Gasteiger partial charge in [0, 0.05) is 35.4 Å². The van der Waals surface area contributed by atoms with Crippen molar-refractivity contribution >= 4 is 10.8 Å². The second-order valence-electron chi connectivity index (χ2n) is 3.50. The molecule has 0 saturated heterocycles. The van der Waals surface area contributed by atoms with Crippen LogP contribution in [0, 0.1) is 17.2 Å². The lowest BCUT2D eigenvalue weighted by atomic mass is 10.1. The number of nitrogens with one attached hydrogen (secondary N) is 1. The number of nitriles is 1. The molecule has 3 atom stereocenters. The van der Waals surface area contributed by atoms with Gasteiger partial charge >= 0.3 is 0 Å². The van der Waals surface area contributed by atoms with Crippen LogP contribution in [0.5, 0.6) is 0 Å². The second-order valence-corrected chi connectivity index (χ2v) is 5.06. The van der Waals surface area contributed by atoms with Crippen LogP contribution in [0.25, 0.3) is 0 Å². The molecule has 0 spiro atoms. The van der Waals surface area contributed by atoms with Gasteiger partial charge in [0.1, 0.15) is 0 Å². The van der Waals surface area contributed by atoms with Crippen LogP contribution in [0.3, 0.4) is 0 Å². The van der Waals surface area contributed by atoms with Crippen molar-refractivity contribution in [3.8, 4) is 6.07 Å². The van der Waals surface area contributed by atoms with Crippen LogP contribution in [0.15, 0.2) is 0 Å². The molecule has 0 aromatic heterocycles. The standard InChI is InChI=1S/C9H16N2OS/c1-13(12)6-5-11-9-4-2-3-8(9)7-10/h8-9,11H,2-6H2,1H3. The summed E-state index contributed by atoms with van der Waals surface area (Å²) in [5, 5.41) is 12.1. The Hall–Kier alpha value is -0.400. The summed E-state index contributed by atoms with van der Waals surface area (Å²) in [7, 11) is -0.724. The Morgan fingerprint density at radius 3 is 3.00 bits per heavy atom. The fraction of sp³-hybridized carbons (Fsp3) is 0.889. The minimum absolute atomic E-state index is 0.172. The molecule has 3 nitrogen and oxygen atoms in total. The average Bonchev–Trinajstić information content (AvgIpc) is 2.51. The molecule has 1 aliphatic rings. The highest BCUT2D eigenvalue weighted by Crippen LogP contribution is 2.24. The van der Waals surface area contributed by atoms with Gasteiger partial charge in [-0.15, -0.1) is 0 Å². The van der Waals surface area contributed by atoms with Crippen LogP contribution in [-0.4, -0.2) is 28.8 Å². The molecule has 1 aliphatic carbocycles. The van der Waals surface area contributed by atoms with E-state index in [1.165, 1.54) is 0 Å². The predicted molar refractivity (Wildman–Crippen MR) is 53.7 cm³/mol. The molecule has 4 heteroatoms. The summed E-state index contributed by atoms with van der Waals surface area (Å²) < 4.78 is 10.8. The van der Waals surface area contributed by atoms with Crippen molar-refractivity contribution in [2.75, 3.05) is 18.6 Å². The molecule has 0 radical (unpaired) electrons. The van der Waals surface area contributed by atoms with Gasteiger partial charge in [0.15, 0.2) is 0 Å². The van der Waals surface area contributed by atoms with Gasteiger partial charge in [-0.2, -0.15) is 5.26 Å². The first-order valence-electron chi connectivity index (χ1n) is 4.67. The highest BCUT2D eigenvalue weighted by Gasteiger charge is 2.26. The van der Waals surface area contributed by atoms with E-state index in [-0.39, 0.29) is 5.92 Å². The van der Waals surface area contributed by atoms with Gasteiger partial charge in [-0.25, -0.2) is 0 Å². The van der Waals surface area contributed by atoms with Crippen LogP contribution in [0.2, 0.25) is 0 Å². The summed E-state index contributed by atoms with van der Waals surface area (Å²) in [5.74, 6) is 0.861. The van der Waals surface area contributed by atoms with E-state index >= 15 is 0 Å². The molecule has 13 heavy (non-hydrogen) atoms. The summed E-state index contributed by atoms with van der Waals surface area (Å²) >= 11 is 0. The van der Waals surface area contributed by atoms with E-state index in [9.17, 15) is 4.21 Å². The van der Waals surface area contributed by atoms with Gasteiger partial charge in [-0.05, 0) is 12.8 Å². The first-order chi connectivity index (χ1) is 6.24. The highest BCUT2D eigenvalue weighted by molar-refractivity contribution is 7.84. The molecule has 1 rings (SSSR count). The fourth-order valence-electron chi connectivity index (χ4n) is 1.75. The van der Waals surface area contributed by atoms with Crippen molar-refractivity contribution in [1.82, 2.24) is 5.32 Å². The number of nitrogens with zero attached hydrogens (tertiary/aromatic N) is 1. The smallest absolute Gasteiger partial charge is 0.0672 e. The Kier molecular flexibility index (Phi) is 4.40. The molecule has 0 aliphatic heterocycles. The van der Waals surface area contributed by atoms with E-state index in [0.29, 0.717) is 11.8 Å². The normalized spacial score (nSPS) is 29.8. The summed E-state index contributed by atoms with van der Waals surface area (Å²) in [6, 6.07) is 2.66. The van der Waals surface area contributed by atoms with Crippen molar-refractivity contribution in [2.45, 2.75) is 25.3 Å². The van der Waals surface area contributed by atoms with Crippen molar-refractivity contribution in [3.63, 3.8) is 0 Å². The first-order valence-corrected chi connectivity index (χ1v) is 6.40. The zero-order chi connectivity index (χ0) is 9.68. The van der Waals surface area contributed by atoms with Crippen LogP contribution >= 0.6 is 0 Å². The maximum atomic E-state index is 10.8. The molecule has 1 fully saturated rings. The van der Waals surface area contributed by atoms with Crippen molar-refractivity contribution in [2.24, 2.45) is 5.92 Å². The fourth-order valence-corrected chi connectivity index (χ4v) is 2.15. The van der Waals surface area contributed by atoms with E-state index in [0.717, 1.165) is 25.8 Å². The van der Waals surface area contributed by atoms with Crippen LogP contribution in [-0.2, 0) is 10.8 Å². The van der Waals surface area contributed by atoms with Gasteiger partial charge in [-0.1, -0.05) is 6.42 Å². The van der Waals surface area contributed by atoms with Gasteiger partial charge in [0.2, 0.25) is 0 Å². The summed E-state index contributed by atoms with van der Waals surface area (Å²) in [4.78, 5) is 0.